The Kier molecular flexibility index (Phi) is 2.82. The van der Waals surface area contributed by atoms with Crippen LogP contribution in [0.1, 0.15) is 5.56 Å². The van der Waals surface area contributed by atoms with Gasteiger partial charge in [0.25, 0.3) is 0 Å². The lowest BCUT2D eigenvalue weighted by Gasteiger charge is -2.30. The summed E-state index contributed by atoms with van der Waals surface area (Å²) in [5.41, 5.74) is 2.99. The van der Waals surface area contributed by atoms with Gasteiger partial charge in [0.1, 0.15) is 0 Å². The third kappa shape index (κ3) is 1.62. The smallest absolute Gasteiger partial charge is 0.0545 e. The molecule has 2 nitrogen and oxygen atoms in total. The van der Waals surface area contributed by atoms with Crippen LogP contribution in [0.15, 0.2) is 24.3 Å². The zero-order chi connectivity index (χ0) is 11.0. The Hall–Kier alpha value is -0.670. The lowest BCUT2D eigenvalue weighted by atomic mass is 10.1. The van der Waals surface area contributed by atoms with E-state index in [0.717, 1.165) is 18.3 Å². The Labute approximate surface area is 101 Å². The molecule has 2 unspecified atom stereocenters. The minimum atomic E-state index is 0.679. The molecule has 2 aliphatic rings. The molecule has 2 heterocycles. The minimum absolute atomic E-state index is 0.679. The molecule has 0 spiro atoms. The van der Waals surface area contributed by atoms with E-state index in [1.807, 2.05) is 11.8 Å². The fourth-order valence-electron chi connectivity index (χ4n) is 2.90. The lowest BCUT2D eigenvalue weighted by molar-refractivity contribution is 0.662. The van der Waals surface area contributed by atoms with Crippen molar-refractivity contribution in [3.05, 3.63) is 29.8 Å². The van der Waals surface area contributed by atoms with Gasteiger partial charge in [0.05, 0.1) is 6.04 Å². The molecule has 2 atom stereocenters. The van der Waals surface area contributed by atoms with Gasteiger partial charge in [0, 0.05) is 30.6 Å². The number of hydrogen-bond donors (Lipinski definition) is 1. The summed E-state index contributed by atoms with van der Waals surface area (Å²) in [5.74, 6) is 0. The van der Waals surface area contributed by atoms with Gasteiger partial charge in [-0.15, -0.1) is 0 Å². The van der Waals surface area contributed by atoms with Crippen molar-refractivity contribution in [3.8, 4) is 0 Å². The molecule has 86 valence electrons. The SMILES string of the molecule is CSC1CNCC1N1CCc2ccccc21. The van der Waals surface area contributed by atoms with Crippen LogP contribution in [-0.4, -0.2) is 37.2 Å². The summed E-state index contributed by atoms with van der Waals surface area (Å²) < 4.78 is 0. The molecule has 0 bridgehead atoms. The van der Waals surface area contributed by atoms with Crippen molar-refractivity contribution in [2.75, 3.05) is 30.8 Å². The molecule has 0 aliphatic carbocycles. The van der Waals surface area contributed by atoms with Crippen molar-refractivity contribution in [1.29, 1.82) is 0 Å². The molecule has 0 saturated carbocycles. The standard InChI is InChI=1S/C13H18N2S/c1-16-13-9-14-8-12(13)15-7-6-10-4-2-3-5-11(10)15/h2-5,12-14H,6-9H2,1H3. The number of thioether (sulfide) groups is 1. The van der Waals surface area contributed by atoms with E-state index >= 15 is 0 Å². The van der Waals surface area contributed by atoms with Crippen LogP contribution in [0.4, 0.5) is 5.69 Å². The first-order valence-corrected chi connectivity index (χ1v) is 7.27. The summed E-state index contributed by atoms with van der Waals surface area (Å²) >= 11 is 2.00. The van der Waals surface area contributed by atoms with Crippen molar-refractivity contribution >= 4 is 17.4 Å². The molecular formula is C13H18N2S. The van der Waals surface area contributed by atoms with Gasteiger partial charge in [-0.3, -0.25) is 0 Å². The average Bonchev–Trinajstić information content (AvgIpc) is 2.94. The van der Waals surface area contributed by atoms with Gasteiger partial charge < -0.3 is 10.2 Å². The van der Waals surface area contributed by atoms with Crippen LogP contribution in [-0.2, 0) is 6.42 Å². The molecule has 1 aromatic rings. The lowest BCUT2D eigenvalue weighted by Crippen LogP contribution is -2.41. The number of rotatable bonds is 2. The first-order valence-electron chi connectivity index (χ1n) is 5.98. The Morgan fingerprint density at radius 3 is 3.06 bits per heavy atom. The van der Waals surface area contributed by atoms with E-state index in [9.17, 15) is 0 Å². The second kappa shape index (κ2) is 4.30. The number of fused-ring (bicyclic) bond motifs is 1. The van der Waals surface area contributed by atoms with Crippen LogP contribution in [0.5, 0.6) is 0 Å². The van der Waals surface area contributed by atoms with E-state index in [-0.39, 0.29) is 0 Å². The third-order valence-electron chi connectivity index (χ3n) is 3.75. The maximum Gasteiger partial charge on any atom is 0.0545 e. The summed E-state index contributed by atoms with van der Waals surface area (Å²) in [6.07, 6.45) is 3.44. The number of para-hydroxylation sites is 1. The van der Waals surface area contributed by atoms with E-state index < -0.39 is 0 Å². The Morgan fingerprint density at radius 2 is 2.19 bits per heavy atom. The van der Waals surface area contributed by atoms with Crippen LogP contribution < -0.4 is 10.2 Å². The quantitative estimate of drug-likeness (QED) is 0.839. The fourth-order valence-corrected chi connectivity index (χ4v) is 3.74. The Morgan fingerprint density at radius 1 is 1.31 bits per heavy atom. The maximum atomic E-state index is 3.52. The zero-order valence-corrected chi connectivity index (χ0v) is 10.5. The molecule has 2 aliphatic heterocycles. The van der Waals surface area contributed by atoms with Gasteiger partial charge in [-0.05, 0) is 24.3 Å². The van der Waals surface area contributed by atoms with E-state index in [4.69, 9.17) is 0 Å². The molecule has 1 aromatic carbocycles. The van der Waals surface area contributed by atoms with E-state index in [2.05, 4.69) is 40.7 Å². The minimum Gasteiger partial charge on any atom is -0.366 e. The van der Waals surface area contributed by atoms with Crippen molar-refractivity contribution < 1.29 is 0 Å². The second-order valence-corrected chi connectivity index (χ2v) is 5.65. The first-order chi connectivity index (χ1) is 7.90. The zero-order valence-electron chi connectivity index (χ0n) is 9.65. The van der Waals surface area contributed by atoms with Crippen LogP contribution in [0.25, 0.3) is 0 Å². The number of nitrogens with one attached hydrogen (secondary N) is 1. The van der Waals surface area contributed by atoms with Gasteiger partial charge >= 0.3 is 0 Å². The molecule has 0 aromatic heterocycles. The predicted molar refractivity (Wildman–Crippen MR) is 71.5 cm³/mol. The van der Waals surface area contributed by atoms with Crippen molar-refractivity contribution in [2.24, 2.45) is 0 Å². The molecule has 16 heavy (non-hydrogen) atoms. The van der Waals surface area contributed by atoms with Gasteiger partial charge in [-0.1, -0.05) is 18.2 Å². The fraction of sp³-hybridized carbons (Fsp3) is 0.538. The predicted octanol–water partition coefficient (Wildman–Crippen LogP) is 1.75. The number of hydrogen-bond acceptors (Lipinski definition) is 3. The van der Waals surface area contributed by atoms with Gasteiger partial charge in [0.15, 0.2) is 0 Å². The first kappa shape index (κ1) is 10.5. The molecule has 0 radical (unpaired) electrons. The van der Waals surface area contributed by atoms with Crippen molar-refractivity contribution in [1.82, 2.24) is 5.32 Å². The van der Waals surface area contributed by atoms with Crippen molar-refractivity contribution in [2.45, 2.75) is 17.7 Å². The van der Waals surface area contributed by atoms with E-state index in [0.29, 0.717) is 6.04 Å². The highest BCUT2D eigenvalue weighted by Gasteiger charge is 2.34. The average molecular weight is 234 g/mol. The highest BCUT2D eigenvalue weighted by molar-refractivity contribution is 7.99. The van der Waals surface area contributed by atoms with Crippen LogP contribution in [0, 0.1) is 0 Å². The van der Waals surface area contributed by atoms with Crippen LogP contribution in [0.2, 0.25) is 0 Å². The van der Waals surface area contributed by atoms with E-state index in [1.54, 1.807) is 0 Å². The Balaban J connectivity index is 1.87. The van der Waals surface area contributed by atoms with Crippen molar-refractivity contribution in [3.63, 3.8) is 0 Å². The summed E-state index contributed by atoms with van der Waals surface area (Å²) in [6.45, 7) is 3.49. The summed E-state index contributed by atoms with van der Waals surface area (Å²) in [7, 11) is 0. The molecule has 3 heteroatoms. The van der Waals surface area contributed by atoms with E-state index in [1.165, 1.54) is 24.2 Å². The molecule has 0 amide bonds. The summed E-state index contributed by atoms with van der Waals surface area (Å²) in [6, 6.07) is 9.54. The number of benzene rings is 1. The summed E-state index contributed by atoms with van der Waals surface area (Å²) in [4.78, 5) is 2.61. The number of anilines is 1. The molecular weight excluding hydrogens is 216 g/mol. The largest absolute Gasteiger partial charge is 0.366 e. The molecule has 1 saturated heterocycles. The van der Waals surface area contributed by atoms with Gasteiger partial charge in [0.2, 0.25) is 0 Å². The third-order valence-corrected chi connectivity index (χ3v) is 4.84. The highest BCUT2D eigenvalue weighted by atomic mass is 32.2. The topological polar surface area (TPSA) is 15.3 Å². The Bertz CT molecular complexity index is 380. The summed E-state index contributed by atoms with van der Waals surface area (Å²) in [5, 5.41) is 4.26. The monoisotopic (exact) mass is 234 g/mol. The number of nitrogens with zero attached hydrogens (tertiary/aromatic N) is 1. The second-order valence-electron chi connectivity index (χ2n) is 4.57. The van der Waals surface area contributed by atoms with Crippen LogP contribution >= 0.6 is 11.8 Å². The van der Waals surface area contributed by atoms with Crippen LogP contribution in [0.3, 0.4) is 0 Å². The van der Waals surface area contributed by atoms with Gasteiger partial charge in [-0.25, -0.2) is 0 Å². The molecule has 1 fully saturated rings. The molecule has 3 rings (SSSR count). The normalized spacial score (nSPS) is 28.4. The molecule has 1 N–H and O–H groups in total. The maximum absolute atomic E-state index is 3.52. The highest BCUT2D eigenvalue weighted by Crippen LogP contribution is 2.32. The van der Waals surface area contributed by atoms with Gasteiger partial charge in [-0.2, -0.15) is 11.8 Å².